The van der Waals surface area contributed by atoms with Gasteiger partial charge in [-0.3, -0.25) is 0 Å². The van der Waals surface area contributed by atoms with Crippen LogP contribution in [0.5, 0.6) is 5.75 Å². The molecule has 0 saturated heterocycles. The Bertz CT molecular complexity index is 598. The molecule has 0 aliphatic heterocycles. The van der Waals surface area contributed by atoms with E-state index in [9.17, 15) is 4.79 Å². The molecule has 5 heteroatoms. The highest BCUT2D eigenvalue weighted by molar-refractivity contribution is 5.90. The van der Waals surface area contributed by atoms with Crippen molar-refractivity contribution in [3.63, 3.8) is 0 Å². The lowest BCUT2D eigenvalue weighted by Gasteiger charge is -2.08. The summed E-state index contributed by atoms with van der Waals surface area (Å²) < 4.78 is 5.08. The summed E-state index contributed by atoms with van der Waals surface area (Å²) in [7, 11) is 1.60. The van der Waals surface area contributed by atoms with Gasteiger partial charge in [0.05, 0.1) is 18.5 Å². The van der Waals surface area contributed by atoms with E-state index >= 15 is 0 Å². The van der Waals surface area contributed by atoms with Crippen molar-refractivity contribution in [1.29, 1.82) is 0 Å². The van der Waals surface area contributed by atoms with E-state index in [0.29, 0.717) is 17.2 Å². The first kappa shape index (κ1) is 13.0. The molecule has 0 aliphatic carbocycles. The minimum Gasteiger partial charge on any atom is -0.497 e. The quantitative estimate of drug-likeness (QED) is 0.915. The molecule has 0 fully saturated rings. The number of carboxylic acid groups (broad SMARTS) is 1. The molecule has 0 saturated carbocycles. The fourth-order valence-corrected chi connectivity index (χ4v) is 1.90. The third-order valence-electron chi connectivity index (χ3n) is 2.83. The van der Waals surface area contributed by atoms with Gasteiger partial charge in [-0.15, -0.1) is 0 Å². The zero-order valence-corrected chi connectivity index (χ0v) is 11.0. The van der Waals surface area contributed by atoms with Crippen LogP contribution in [0, 0.1) is 13.8 Å². The fourth-order valence-electron chi connectivity index (χ4n) is 1.90. The van der Waals surface area contributed by atoms with Crippen LogP contribution < -0.4 is 4.74 Å². The largest absolute Gasteiger partial charge is 0.497 e. The van der Waals surface area contributed by atoms with Crippen molar-refractivity contribution in [2.24, 2.45) is 0 Å². The van der Waals surface area contributed by atoms with E-state index in [1.54, 1.807) is 21.0 Å². The van der Waals surface area contributed by atoms with Crippen molar-refractivity contribution in [3.05, 3.63) is 41.2 Å². The zero-order chi connectivity index (χ0) is 14.0. The molecule has 19 heavy (non-hydrogen) atoms. The van der Waals surface area contributed by atoms with Gasteiger partial charge < -0.3 is 9.84 Å². The first-order chi connectivity index (χ1) is 9.02. The standard InChI is InChI=1S/C14H14N2O3/c1-8-12(14(17)18)9(2)16-13(15-8)10-4-6-11(19-3)7-5-10/h4-7H,1-3H3,(H,17,18). The van der Waals surface area contributed by atoms with Crippen LogP contribution in [0.15, 0.2) is 24.3 Å². The van der Waals surface area contributed by atoms with Crippen LogP contribution in [-0.2, 0) is 0 Å². The summed E-state index contributed by atoms with van der Waals surface area (Å²) in [6.07, 6.45) is 0. The van der Waals surface area contributed by atoms with Crippen LogP contribution in [0.3, 0.4) is 0 Å². The number of hydrogen-bond acceptors (Lipinski definition) is 4. The lowest BCUT2D eigenvalue weighted by molar-refractivity contribution is 0.0694. The highest BCUT2D eigenvalue weighted by Crippen LogP contribution is 2.21. The Kier molecular flexibility index (Phi) is 3.46. The summed E-state index contributed by atoms with van der Waals surface area (Å²) in [5.74, 6) is 0.262. The molecule has 0 spiro atoms. The Hall–Kier alpha value is -2.43. The minimum absolute atomic E-state index is 0.164. The maximum atomic E-state index is 11.1. The minimum atomic E-state index is -1.00. The second-order valence-corrected chi connectivity index (χ2v) is 4.13. The summed E-state index contributed by atoms with van der Waals surface area (Å²) in [6.45, 7) is 3.34. The average molecular weight is 258 g/mol. The van der Waals surface area contributed by atoms with Crippen molar-refractivity contribution < 1.29 is 14.6 Å². The van der Waals surface area contributed by atoms with Crippen molar-refractivity contribution in [2.75, 3.05) is 7.11 Å². The second kappa shape index (κ2) is 5.06. The maximum absolute atomic E-state index is 11.1. The van der Waals surface area contributed by atoms with Gasteiger partial charge in [0.2, 0.25) is 0 Å². The number of ether oxygens (including phenoxy) is 1. The summed E-state index contributed by atoms with van der Waals surface area (Å²) >= 11 is 0. The van der Waals surface area contributed by atoms with Crippen LogP contribution >= 0.6 is 0 Å². The predicted molar refractivity (Wildman–Crippen MR) is 70.5 cm³/mol. The Balaban J connectivity index is 2.48. The average Bonchev–Trinajstić information content (AvgIpc) is 2.37. The number of aromatic carboxylic acids is 1. The predicted octanol–water partition coefficient (Wildman–Crippen LogP) is 2.47. The molecule has 1 heterocycles. The molecular weight excluding hydrogens is 244 g/mol. The molecule has 98 valence electrons. The number of hydrogen-bond donors (Lipinski definition) is 1. The molecule has 2 rings (SSSR count). The number of aryl methyl sites for hydroxylation is 2. The number of carboxylic acids is 1. The van der Waals surface area contributed by atoms with Gasteiger partial charge in [-0.05, 0) is 38.1 Å². The molecule has 0 amide bonds. The molecule has 0 atom stereocenters. The molecule has 0 radical (unpaired) electrons. The van der Waals surface area contributed by atoms with E-state index in [1.165, 1.54) is 0 Å². The molecular formula is C14H14N2O3. The first-order valence-electron chi connectivity index (χ1n) is 5.76. The van der Waals surface area contributed by atoms with Gasteiger partial charge in [-0.2, -0.15) is 0 Å². The van der Waals surface area contributed by atoms with Crippen molar-refractivity contribution in [2.45, 2.75) is 13.8 Å². The van der Waals surface area contributed by atoms with E-state index in [1.807, 2.05) is 24.3 Å². The smallest absolute Gasteiger partial charge is 0.339 e. The monoisotopic (exact) mass is 258 g/mol. The van der Waals surface area contributed by atoms with Gasteiger partial charge in [-0.1, -0.05) is 0 Å². The first-order valence-corrected chi connectivity index (χ1v) is 5.76. The number of nitrogens with zero attached hydrogens (tertiary/aromatic N) is 2. The molecule has 2 aromatic rings. The third-order valence-corrected chi connectivity index (χ3v) is 2.83. The molecule has 1 aromatic heterocycles. The van der Waals surface area contributed by atoms with Gasteiger partial charge in [0.25, 0.3) is 0 Å². The number of aromatic nitrogens is 2. The number of carbonyl (C=O) groups is 1. The van der Waals surface area contributed by atoms with Crippen molar-refractivity contribution in [1.82, 2.24) is 9.97 Å². The summed E-state index contributed by atoms with van der Waals surface area (Å²) in [6, 6.07) is 7.31. The van der Waals surface area contributed by atoms with Crippen LogP contribution in [0.25, 0.3) is 11.4 Å². The molecule has 1 N–H and O–H groups in total. The zero-order valence-electron chi connectivity index (χ0n) is 11.0. The van der Waals surface area contributed by atoms with Gasteiger partial charge in [0.15, 0.2) is 5.82 Å². The van der Waals surface area contributed by atoms with Crippen LogP contribution in [0.4, 0.5) is 0 Å². The highest BCUT2D eigenvalue weighted by atomic mass is 16.5. The van der Waals surface area contributed by atoms with Crippen LogP contribution in [0.2, 0.25) is 0 Å². The molecule has 0 aliphatic rings. The normalized spacial score (nSPS) is 10.3. The van der Waals surface area contributed by atoms with E-state index < -0.39 is 5.97 Å². The Labute approximate surface area is 110 Å². The van der Waals surface area contributed by atoms with Gasteiger partial charge in [-0.25, -0.2) is 14.8 Å². The summed E-state index contributed by atoms with van der Waals surface area (Å²) in [5.41, 5.74) is 1.91. The Morgan fingerprint density at radius 2 is 1.63 bits per heavy atom. The Morgan fingerprint density at radius 1 is 1.11 bits per heavy atom. The number of benzene rings is 1. The second-order valence-electron chi connectivity index (χ2n) is 4.13. The van der Waals surface area contributed by atoms with E-state index in [0.717, 1.165) is 11.3 Å². The van der Waals surface area contributed by atoms with Crippen LogP contribution in [-0.4, -0.2) is 28.2 Å². The molecule has 0 unspecified atom stereocenters. The fraction of sp³-hybridized carbons (Fsp3) is 0.214. The number of methoxy groups -OCH3 is 1. The van der Waals surface area contributed by atoms with Crippen LogP contribution in [0.1, 0.15) is 21.7 Å². The summed E-state index contributed by atoms with van der Waals surface area (Å²) in [4.78, 5) is 19.6. The number of rotatable bonds is 3. The Morgan fingerprint density at radius 3 is 2.05 bits per heavy atom. The third kappa shape index (κ3) is 2.54. The van der Waals surface area contributed by atoms with E-state index in [4.69, 9.17) is 9.84 Å². The highest BCUT2D eigenvalue weighted by Gasteiger charge is 2.15. The van der Waals surface area contributed by atoms with Gasteiger partial charge >= 0.3 is 5.97 Å². The molecule has 1 aromatic carbocycles. The molecule has 5 nitrogen and oxygen atoms in total. The lowest BCUT2D eigenvalue weighted by atomic mass is 10.1. The lowest BCUT2D eigenvalue weighted by Crippen LogP contribution is -2.08. The van der Waals surface area contributed by atoms with E-state index in [-0.39, 0.29) is 5.56 Å². The van der Waals surface area contributed by atoms with Gasteiger partial charge in [0.1, 0.15) is 11.3 Å². The van der Waals surface area contributed by atoms with E-state index in [2.05, 4.69) is 9.97 Å². The maximum Gasteiger partial charge on any atom is 0.339 e. The topological polar surface area (TPSA) is 72.3 Å². The SMILES string of the molecule is COc1ccc(-c2nc(C)c(C(=O)O)c(C)n2)cc1. The summed E-state index contributed by atoms with van der Waals surface area (Å²) in [5, 5.41) is 9.08. The molecule has 0 bridgehead atoms. The van der Waals surface area contributed by atoms with Crippen molar-refractivity contribution in [3.8, 4) is 17.1 Å². The van der Waals surface area contributed by atoms with Gasteiger partial charge in [0, 0.05) is 5.56 Å². The van der Waals surface area contributed by atoms with Crippen molar-refractivity contribution >= 4 is 5.97 Å².